The number of para-hydroxylation sites is 1. The van der Waals surface area contributed by atoms with E-state index in [1.54, 1.807) is 32.4 Å². The Morgan fingerprint density at radius 2 is 1.79 bits per heavy atom. The number of carbonyl (C=O) groups is 1. The van der Waals surface area contributed by atoms with Crippen molar-refractivity contribution in [1.82, 2.24) is 14.8 Å². The van der Waals surface area contributed by atoms with Crippen LogP contribution in [0.15, 0.2) is 53.7 Å². The van der Waals surface area contributed by atoms with Crippen molar-refractivity contribution >= 4 is 17.5 Å². The minimum atomic E-state index is -0.0244. The van der Waals surface area contributed by atoms with E-state index in [1.807, 2.05) is 41.8 Å². The first-order chi connectivity index (χ1) is 14.2. The van der Waals surface area contributed by atoms with E-state index in [2.05, 4.69) is 10.2 Å². The highest BCUT2D eigenvalue weighted by atomic mass is 32.2. The van der Waals surface area contributed by atoms with Crippen molar-refractivity contribution < 1.29 is 19.0 Å². The molecule has 3 rings (SSSR count). The molecule has 29 heavy (non-hydrogen) atoms. The average molecular weight is 413 g/mol. The first-order valence-electron chi connectivity index (χ1n) is 9.14. The van der Waals surface area contributed by atoms with Crippen LogP contribution in [0.2, 0.25) is 0 Å². The van der Waals surface area contributed by atoms with E-state index in [0.29, 0.717) is 35.4 Å². The Hall–Kier alpha value is -3.00. The first kappa shape index (κ1) is 20.7. The number of hydrogen-bond acceptors (Lipinski definition) is 7. The molecule has 0 spiro atoms. The summed E-state index contributed by atoms with van der Waals surface area (Å²) in [5, 5.41) is 9.14. The quantitative estimate of drug-likeness (QED) is 0.369. The summed E-state index contributed by atoms with van der Waals surface area (Å²) in [7, 11) is 3.11. The predicted octanol–water partition coefficient (Wildman–Crippen LogP) is 3.87. The van der Waals surface area contributed by atoms with Crippen molar-refractivity contribution in [2.24, 2.45) is 0 Å². The third kappa shape index (κ3) is 5.08. The lowest BCUT2D eigenvalue weighted by molar-refractivity contribution is 0.102. The summed E-state index contributed by atoms with van der Waals surface area (Å²) in [5.41, 5.74) is 0.561. The van der Waals surface area contributed by atoms with Gasteiger partial charge in [0.2, 0.25) is 0 Å². The van der Waals surface area contributed by atoms with E-state index in [0.717, 1.165) is 11.6 Å². The molecule has 0 saturated carbocycles. The minimum Gasteiger partial charge on any atom is -0.493 e. The summed E-state index contributed by atoms with van der Waals surface area (Å²) in [6.07, 6.45) is 0. The average Bonchev–Trinajstić information content (AvgIpc) is 3.17. The highest BCUT2D eigenvalue weighted by Crippen LogP contribution is 2.28. The fraction of sp³-hybridized carbons (Fsp3) is 0.286. The maximum Gasteiger partial charge on any atom is 0.191 e. The Morgan fingerprint density at radius 1 is 1.03 bits per heavy atom. The zero-order valence-electron chi connectivity index (χ0n) is 16.6. The molecule has 3 aromatic rings. The van der Waals surface area contributed by atoms with Gasteiger partial charge in [0.05, 0.1) is 20.0 Å². The zero-order chi connectivity index (χ0) is 20.6. The zero-order valence-corrected chi connectivity index (χ0v) is 17.4. The molecule has 0 aliphatic rings. The fourth-order valence-corrected chi connectivity index (χ4v) is 3.65. The fourth-order valence-electron chi connectivity index (χ4n) is 2.74. The molecule has 0 aliphatic carbocycles. The molecule has 0 radical (unpaired) electrons. The molecule has 1 heterocycles. The highest BCUT2D eigenvalue weighted by molar-refractivity contribution is 7.99. The molecule has 0 amide bonds. The van der Waals surface area contributed by atoms with Crippen LogP contribution >= 0.6 is 11.8 Å². The van der Waals surface area contributed by atoms with Gasteiger partial charge >= 0.3 is 0 Å². The summed E-state index contributed by atoms with van der Waals surface area (Å²) >= 11 is 1.35. The second kappa shape index (κ2) is 9.97. The van der Waals surface area contributed by atoms with Crippen LogP contribution in [-0.4, -0.2) is 40.5 Å². The van der Waals surface area contributed by atoms with Crippen molar-refractivity contribution in [2.75, 3.05) is 20.0 Å². The summed E-state index contributed by atoms with van der Waals surface area (Å²) in [6, 6.07) is 14.7. The largest absolute Gasteiger partial charge is 0.493 e. The smallest absolute Gasteiger partial charge is 0.191 e. The molecule has 2 aromatic carbocycles. The molecular weight excluding hydrogens is 390 g/mol. The van der Waals surface area contributed by atoms with Crippen LogP contribution in [-0.2, 0) is 13.2 Å². The molecule has 0 atom stereocenters. The maximum atomic E-state index is 12.6. The van der Waals surface area contributed by atoms with Gasteiger partial charge in [-0.25, -0.2) is 0 Å². The van der Waals surface area contributed by atoms with Gasteiger partial charge in [0.15, 0.2) is 28.3 Å². The van der Waals surface area contributed by atoms with E-state index in [-0.39, 0.29) is 11.5 Å². The summed E-state index contributed by atoms with van der Waals surface area (Å²) in [6.45, 7) is 3.01. The molecule has 0 aliphatic heterocycles. The van der Waals surface area contributed by atoms with Crippen LogP contribution in [0, 0.1) is 0 Å². The number of thioether (sulfide) groups is 1. The van der Waals surface area contributed by atoms with Crippen molar-refractivity contribution in [3.8, 4) is 17.2 Å². The minimum absolute atomic E-state index is 0.0244. The number of Topliss-reactive ketones (excluding diaryl/α,β-unsaturated/α-hetero) is 1. The number of benzene rings is 2. The SMILES string of the molecule is CCn1c(COc2ccccc2)nnc1SCC(=O)c1ccc(OC)c(OC)c1. The summed E-state index contributed by atoms with van der Waals surface area (Å²) < 4.78 is 18.2. The molecule has 0 saturated heterocycles. The van der Waals surface area contributed by atoms with Crippen LogP contribution in [0.4, 0.5) is 0 Å². The van der Waals surface area contributed by atoms with Gasteiger partial charge in [-0.1, -0.05) is 30.0 Å². The molecule has 0 fully saturated rings. The van der Waals surface area contributed by atoms with Gasteiger partial charge in [0, 0.05) is 12.1 Å². The number of hydrogen-bond donors (Lipinski definition) is 0. The highest BCUT2D eigenvalue weighted by Gasteiger charge is 2.16. The number of nitrogens with zero attached hydrogens (tertiary/aromatic N) is 3. The van der Waals surface area contributed by atoms with E-state index in [4.69, 9.17) is 14.2 Å². The van der Waals surface area contributed by atoms with Crippen molar-refractivity contribution in [2.45, 2.75) is 25.2 Å². The van der Waals surface area contributed by atoms with Crippen LogP contribution in [0.5, 0.6) is 17.2 Å². The second-order valence-corrected chi connectivity index (χ2v) is 6.97. The molecule has 8 heteroatoms. The van der Waals surface area contributed by atoms with Gasteiger partial charge in [0.1, 0.15) is 12.4 Å². The third-order valence-corrected chi connectivity index (χ3v) is 5.23. The van der Waals surface area contributed by atoms with Crippen molar-refractivity contribution in [1.29, 1.82) is 0 Å². The standard InChI is InChI=1S/C21H23N3O4S/c1-4-24-20(13-28-16-8-6-5-7-9-16)22-23-21(24)29-14-17(25)15-10-11-18(26-2)19(12-15)27-3/h5-12H,4,13-14H2,1-3H3. The monoisotopic (exact) mass is 413 g/mol. The van der Waals surface area contributed by atoms with Gasteiger partial charge in [-0.2, -0.15) is 0 Å². The number of rotatable bonds is 10. The van der Waals surface area contributed by atoms with Crippen LogP contribution in [0.1, 0.15) is 23.1 Å². The number of ketones is 1. The third-order valence-electron chi connectivity index (χ3n) is 4.26. The lowest BCUT2D eigenvalue weighted by Gasteiger charge is -2.10. The molecule has 1 aromatic heterocycles. The Labute approximate surface area is 174 Å². The molecule has 0 unspecified atom stereocenters. The molecule has 152 valence electrons. The molecule has 7 nitrogen and oxygen atoms in total. The van der Waals surface area contributed by atoms with Gasteiger partial charge in [-0.05, 0) is 37.3 Å². The van der Waals surface area contributed by atoms with E-state index >= 15 is 0 Å². The molecule has 0 N–H and O–H groups in total. The van der Waals surface area contributed by atoms with Gasteiger partial charge in [-0.3, -0.25) is 4.79 Å². The molecular formula is C21H23N3O4S. The predicted molar refractivity (Wildman–Crippen MR) is 111 cm³/mol. The van der Waals surface area contributed by atoms with Crippen LogP contribution in [0.25, 0.3) is 0 Å². The lowest BCUT2D eigenvalue weighted by Crippen LogP contribution is -2.08. The number of aromatic nitrogens is 3. The van der Waals surface area contributed by atoms with Gasteiger partial charge in [0.25, 0.3) is 0 Å². The van der Waals surface area contributed by atoms with Gasteiger partial charge in [-0.15, -0.1) is 10.2 Å². The second-order valence-electron chi connectivity index (χ2n) is 6.03. The number of ether oxygens (including phenoxy) is 3. The van der Waals surface area contributed by atoms with Crippen LogP contribution < -0.4 is 14.2 Å². The lowest BCUT2D eigenvalue weighted by atomic mass is 10.1. The Morgan fingerprint density at radius 3 is 2.48 bits per heavy atom. The molecule has 0 bridgehead atoms. The van der Waals surface area contributed by atoms with E-state index in [9.17, 15) is 4.79 Å². The van der Waals surface area contributed by atoms with Crippen molar-refractivity contribution in [3.05, 3.63) is 59.9 Å². The summed E-state index contributed by atoms with van der Waals surface area (Å²) in [4.78, 5) is 12.6. The van der Waals surface area contributed by atoms with E-state index in [1.165, 1.54) is 11.8 Å². The normalized spacial score (nSPS) is 10.6. The van der Waals surface area contributed by atoms with Crippen LogP contribution in [0.3, 0.4) is 0 Å². The number of methoxy groups -OCH3 is 2. The van der Waals surface area contributed by atoms with Gasteiger partial charge < -0.3 is 18.8 Å². The van der Waals surface area contributed by atoms with E-state index < -0.39 is 0 Å². The number of carbonyl (C=O) groups excluding carboxylic acids is 1. The summed E-state index contributed by atoms with van der Waals surface area (Å²) in [5.74, 6) is 2.83. The van der Waals surface area contributed by atoms with Crippen molar-refractivity contribution in [3.63, 3.8) is 0 Å². The Kier molecular flexibility index (Phi) is 7.13. The Balaban J connectivity index is 1.64. The topological polar surface area (TPSA) is 75.5 Å². The maximum absolute atomic E-state index is 12.6. The Bertz CT molecular complexity index is 960. The first-order valence-corrected chi connectivity index (χ1v) is 10.1.